The Morgan fingerprint density at radius 2 is 2.00 bits per heavy atom. The van der Waals surface area contributed by atoms with Crippen LogP contribution in [0.3, 0.4) is 0 Å². The molecule has 2 rings (SSSR count). The number of nitrogens with zero attached hydrogens (tertiary/aromatic N) is 2. The molecule has 0 atom stereocenters. The first-order valence-electron chi connectivity index (χ1n) is 5.37. The molecule has 5 heteroatoms. The molecule has 0 fully saturated rings. The zero-order chi connectivity index (χ0) is 12.6. The molecule has 0 unspecified atom stereocenters. The lowest BCUT2D eigenvalue weighted by atomic mass is 10.1. The number of hydrogen-bond acceptors (Lipinski definition) is 2. The maximum absolute atomic E-state index is 11.9. The van der Waals surface area contributed by atoms with E-state index in [1.807, 2.05) is 6.07 Å². The molecule has 0 aliphatic carbocycles. The first-order valence-corrected chi connectivity index (χ1v) is 5.37. The van der Waals surface area contributed by atoms with E-state index >= 15 is 0 Å². The van der Waals surface area contributed by atoms with Crippen LogP contribution in [0.4, 0.5) is 0 Å². The zero-order valence-electron chi connectivity index (χ0n) is 9.80. The van der Waals surface area contributed by atoms with Gasteiger partial charge in [-0.25, -0.2) is 0 Å². The summed E-state index contributed by atoms with van der Waals surface area (Å²) < 4.78 is 3.28. The maximum Gasteiger partial charge on any atom is 0.303 e. The molecule has 0 spiro atoms. The fourth-order valence-electron chi connectivity index (χ4n) is 2.05. The van der Waals surface area contributed by atoms with Crippen molar-refractivity contribution < 1.29 is 9.90 Å². The Morgan fingerprint density at radius 3 is 2.65 bits per heavy atom. The number of aliphatic carboxylic acids is 1. The van der Waals surface area contributed by atoms with E-state index in [1.165, 1.54) is 4.68 Å². The Labute approximate surface area is 97.9 Å². The average Bonchev–Trinajstić information content (AvgIpc) is 2.52. The second-order valence-electron chi connectivity index (χ2n) is 4.06. The summed E-state index contributed by atoms with van der Waals surface area (Å²) in [5.74, 6) is -0.831. The van der Waals surface area contributed by atoms with Gasteiger partial charge in [-0.3, -0.25) is 19.0 Å². The summed E-state index contributed by atoms with van der Waals surface area (Å²) in [5, 5.41) is 9.34. The topological polar surface area (TPSA) is 64.2 Å². The van der Waals surface area contributed by atoms with Crippen molar-refractivity contribution in [1.29, 1.82) is 0 Å². The molecule has 1 aromatic heterocycles. The lowest BCUT2D eigenvalue weighted by molar-refractivity contribution is -0.136. The average molecular weight is 234 g/mol. The van der Waals surface area contributed by atoms with Gasteiger partial charge in [0.1, 0.15) is 0 Å². The van der Waals surface area contributed by atoms with Crippen molar-refractivity contribution in [3.05, 3.63) is 34.1 Å². The highest BCUT2D eigenvalue weighted by Gasteiger charge is 2.12. The van der Waals surface area contributed by atoms with Crippen molar-refractivity contribution in [3.63, 3.8) is 0 Å². The predicted molar refractivity (Wildman–Crippen MR) is 64.1 cm³/mol. The van der Waals surface area contributed by atoms with Crippen LogP contribution >= 0.6 is 0 Å². The molecule has 0 aliphatic heterocycles. The quantitative estimate of drug-likeness (QED) is 0.858. The number of hydrogen-bond donors (Lipinski definition) is 1. The van der Waals surface area contributed by atoms with Crippen LogP contribution in [0.15, 0.2) is 23.0 Å². The van der Waals surface area contributed by atoms with Crippen LogP contribution < -0.4 is 5.56 Å². The molecule has 5 nitrogen and oxygen atoms in total. The monoisotopic (exact) mass is 234 g/mol. The molecule has 0 aliphatic rings. The molecule has 0 amide bonds. The van der Waals surface area contributed by atoms with Crippen LogP contribution in [-0.2, 0) is 25.3 Å². The molecule has 1 heterocycles. The minimum absolute atomic E-state index is 0.0559. The zero-order valence-corrected chi connectivity index (χ0v) is 9.80. The standard InChI is InChI=1S/C12H14N2O3/c1-13-11-8(6-7-10(15)16)4-3-5-9(11)12(17)14(13)2/h3-5H,6-7H2,1-2H3,(H,15,16). The Morgan fingerprint density at radius 1 is 1.29 bits per heavy atom. The van der Waals surface area contributed by atoms with Crippen molar-refractivity contribution in [3.8, 4) is 0 Å². The summed E-state index contributed by atoms with van der Waals surface area (Å²) in [6, 6.07) is 5.42. The Hall–Kier alpha value is -2.04. The Bertz CT molecular complexity index is 637. The molecule has 1 N–H and O–H groups in total. The second kappa shape index (κ2) is 4.08. The summed E-state index contributed by atoms with van der Waals surface area (Å²) in [6.45, 7) is 0. The van der Waals surface area contributed by atoms with Crippen LogP contribution in [0.1, 0.15) is 12.0 Å². The number of para-hydroxylation sites is 1. The lowest BCUT2D eigenvalue weighted by Gasteiger charge is -2.05. The van der Waals surface area contributed by atoms with Gasteiger partial charge in [-0.1, -0.05) is 12.1 Å². The summed E-state index contributed by atoms with van der Waals surface area (Å²) in [5.41, 5.74) is 1.66. The number of aryl methyl sites for hydroxylation is 2. The van der Waals surface area contributed by atoms with Gasteiger partial charge in [0, 0.05) is 20.5 Å². The number of aromatic nitrogens is 2. The summed E-state index contributed by atoms with van der Waals surface area (Å²) in [4.78, 5) is 22.5. The van der Waals surface area contributed by atoms with Crippen molar-refractivity contribution in [2.75, 3.05) is 0 Å². The van der Waals surface area contributed by atoms with E-state index in [2.05, 4.69) is 0 Å². The minimum Gasteiger partial charge on any atom is -0.481 e. The molecule has 90 valence electrons. The van der Waals surface area contributed by atoms with Gasteiger partial charge in [0.15, 0.2) is 0 Å². The number of rotatable bonds is 3. The first-order chi connectivity index (χ1) is 8.02. The third-order valence-electron chi connectivity index (χ3n) is 3.03. The summed E-state index contributed by atoms with van der Waals surface area (Å²) in [6.07, 6.45) is 0.506. The van der Waals surface area contributed by atoms with Gasteiger partial charge in [0.05, 0.1) is 10.9 Å². The van der Waals surface area contributed by atoms with Gasteiger partial charge in [-0.15, -0.1) is 0 Å². The fraction of sp³-hybridized carbons (Fsp3) is 0.333. The minimum atomic E-state index is -0.831. The molecule has 0 bridgehead atoms. The van der Waals surface area contributed by atoms with E-state index in [-0.39, 0.29) is 12.0 Å². The lowest BCUT2D eigenvalue weighted by Crippen LogP contribution is -2.16. The maximum atomic E-state index is 11.9. The number of benzene rings is 1. The Kier molecular flexibility index (Phi) is 2.75. The van der Waals surface area contributed by atoms with Gasteiger partial charge in [-0.2, -0.15) is 0 Å². The molecule has 0 radical (unpaired) electrons. The Balaban J connectivity index is 2.61. The number of carboxylic acids is 1. The van der Waals surface area contributed by atoms with Crippen LogP contribution in [0, 0.1) is 0 Å². The van der Waals surface area contributed by atoms with Crippen molar-refractivity contribution >= 4 is 16.9 Å². The van der Waals surface area contributed by atoms with Gasteiger partial charge in [-0.05, 0) is 18.1 Å². The van der Waals surface area contributed by atoms with E-state index in [0.717, 1.165) is 11.1 Å². The molecule has 0 saturated heterocycles. The number of carboxylic acid groups (broad SMARTS) is 1. The van der Waals surface area contributed by atoms with Crippen molar-refractivity contribution in [2.24, 2.45) is 14.1 Å². The second-order valence-corrected chi connectivity index (χ2v) is 4.06. The molecule has 2 aromatic rings. The molecular weight excluding hydrogens is 220 g/mol. The largest absolute Gasteiger partial charge is 0.481 e. The molecule has 17 heavy (non-hydrogen) atoms. The summed E-state index contributed by atoms with van der Waals surface area (Å²) >= 11 is 0. The van der Waals surface area contributed by atoms with Crippen molar-refractivity contribution in [2.45, 2.75) is 12.8 Å². The van der Waals surface area contributed by atoms with Gasteiger partial charge in [0.25, 0.3) is 5.56 Å². The first kappa shape index (κ1) is 11.4. The molecular formula is C12H14N2O3. The molecule has 0 saturated carbocycles. The van der Waals surface area contributed by atoms with Crippen molar-refractivity contribution in [1.82, 2.24) is 9.36 Å². The summed E-state index contributed by atoms with van der Waals surface area (Å²) in [7, 11) is 3.50. The third-order valence-corrected chi connectivity index (χ3v) is 3.03. The highest BCUT2D eigenvalue weighted by atomic mass is 16.4. The highest BCUT2D eigenvalue weighted by Crippen LogP contribution is 2.17. The predicted octanol–water partition coefficient (Wildman–Crippen LogP) is 0.894. The van der Waals surface area contributed by atoms with Gasteiger partial charge >= 0.3 is 5.97 Å². The van der Waals surface area contributed by atoms with E-state index in [9.17, 15) is 9.59 Å². The number of fused-ring (bicyclic) bond motifs is 1. The smallest absolute Gasteiger partial charge is 0.303 e. The van der Waals surface area contributed by atoms with Gasteiger partial charge < -0.3 is 5.11 Å². The molecule has 1 aromatic carbocycles. The van der Waals surface area contributed by atoms with Crippen LogP contribution in [0.25, 0.3) is 10.9 Å². The number of carbonyl (C=O) groups is 1. The van der Waals surface area contributed by atoms with Crippen LogP contribution in [-0.4, -0.2) is 20.4 Å². The third kappa shape index (κ3) is 1.84. The van der Waals surface area contributed by atoms with E-state index in [0.29, 0.717) is 11.8 Å². The fourth-order valence-corrected chi connectivity index (χ4v) is 2.05. The van der Waals surface area contributed by atoms with Crippen LogP contribution in [0.2, 0.25) is 0 Å². The normalized spacial score (nSPS) is 10.9. The van der Waals surface area contributed by atoms with E-state index in [4.69, 9.17) is 5.11 Å². The van der Waals surface area contributed by atoms with Gasteiger partial charge in [0.2, 0.25) is 0 Å². The van der Waals surface area contributed by atoms with Crippen LogP contribution in [0.5, 0.6) is 0 Å². The van der Waals surface area contributed by atoms with E-state index in [1.54, 1.807) is 30.9 Å². The SMILES string of the molecule is Cn1c(=O)c2cccc(CCC(=O)O)c2n1C. The van der Waals surface area contributed by atoms with E-state index < -0.39 is 5.97 Å². The highest BCUT2D eigenvalue weighted by molar-refractivity contribution is 5.82.